The van der Waals surface area contributed by atoms with Crippen LogP contribution in [0.15, 0.2) is 34.9 Å². The van der Waals surface area contributed by atoms with Crippen molar-refractivity contribution >= 4 is 11.3 Å². The number of thiophene rings is 1. The molecule has 0 bridgehead atoms. The van der Waals surface area contributed by atoms with E-state index in [-0.39, 0.29) is 6.04 Å². The molecule has 92 valence electrons. The summed E-state index contributed by atoms with van der Waals surface area (Å²) in [6.07, 6.45) is 5.72. The zero-order valence-corrected chi connectivity index (χ0v) is 11.0. The Morgan fingerprint density at radius 2 is 2.12 bits per heavy atom. The van der Waals surface area contributed by atoms with E-state index in [9.17, 15) is 0 Å². The molecule has 0 saturated heterocycles. The summed E-state index contributed by atoms with van der Waals surface area (Å²) < 4.78 is 5.30. The summed E-state index contributed by atoms with van der Waals surface area (Å²) in [6.45, 7) is 2.19. The molecule has 2 nitrogen and oxygen atoms in total. The average molecular weight is 249 g/mol. The largest absolute Gasteiger partial charge is 0.469 e. The highest BCUT2D eigenvalue weighted by Gasteiger charge is 2.07. The van der Waals surface area contributed by atoms with Crippen molar-refractivity contribution in [2.24, 2.45) is 5.73 Å². The van der Waals surface area contributed by atoms with Gasteiger partial charge >= 0.3 is 0 Å². The van der Waals surface area contributed by atoms with E-state index in [4.69, 9.17) is 10.2 Å². The molecule has 0 aromatic carbocycles. The van der Waals surface area contributed by atoms with Crippen molar-refractivity contribution in [2.45, 2.75) is 38.6 Å². The Bertz CT molecular complexity index is 433. The van der Waals surface area contributed by atoms with Crippen molar-refractivity contribution in [3.8, 4) is 0 Å². The SMILES string of the molecule is CCc1ccc(CC(N)CCc2ccco2)s1. The Balaban J connectivity index is 1.78. The van der Waals surface area contributed by atoms with Gasteiger partial charge in [0.1, 0.15) is 5.76 Å². The average Bonchev–Trinajstić information content (AvgIpc) is 2.97. The van der Waals surface area contributed by atoms with Gasteiger partial charge in [0, 0.05) is 22.2 Å². The van der Waals surface area contributed by atoms with Crippen LogP contribution >= 0.6 is 11.3 Å². The minimum atomic E-state index is 0.225. The minimum Gasteiger partial charge on any atom is -0.469 e. The van der Waals surface area contributed by atoms with Crippen LogP contribution in [0.4, 0.5) is 0 Å². The molecule has 0 aliphatic heterocycles. The highest BCUT2D eigenvalue weighted by molar-refractivity contribution is 7.11. The third kappa shape index (κ3) is 3.72. The predicted octanol–water partition coefficient (Wildman–Crippen LogP) is 3.41. The Morgan fingerprint density at radius 3 is 2.76 bits per heavy atom. The van der Waals surface area contributed by atoms with Gasteiger partial charge in [0.2, 0.25) is 0 Å². The lowest BCUT2D eigenvalue weighted by Crippen LogP contribution is -2.22. The number of rotatable bonds is 6. The fraction of sp³-hybridized carbons (Fsp3) is 0.429. The third-order valence-electron chi connectivity index (χ3n) is 2.87. The van der Waals surface area contributed by atoms with Crippen LogP contribution in [0.1, 0.15) is 28.9 Å². The van der Waals surface area contributed by atoms with Gasteiger partial charge < -0.3 is 10.2 Å². The van der Waals surface area contributed by atoms with Crippen molar-refractivity contribution < 1.29 is 4.42 Å². The van der Waals surface area contributed by atoms with Crippen LogP contribution in [0.5, 0.6) is 0 Å². The second kappa shape index (κ2) is 6.03. The summed E-state index contributed by atoms with van der Waals surface area (Å²) in [5, 5.41) is 0. The summed E-state index contributed by atoms with van der Waals surface area (Å²) in [4.78, 5) is 2.84. The first-order valence-electron chi connectivity index (χ1n) is 6.13. The maximum atomic E-state index is 6.14. The monoisotopic (exact) mass is 249 g/mol. The number of hydrogen-bond acceptors (Lipinski definition) is 3. The summed E-state index contributed by atoms with van der Waals surface area (Å²) in [6, 6.07) is 8.57. The third-order valence-corrected chi connectivity index (χ3v) is 4.12. The molecular weight excluding hydrogens is 230 g/mol. The molecule has 0 aliphatic carbocycles. The van der Waals surface area contributed by atoms with E-state index in [2.05, 4.69) is 19.1 Å². The molecule has 3 heteroatoms. The molecule has 0 fully saturated rings. The van der Waals surface area contributed by atoms with Crippen molar-refractivity contribution in [2.75, 3.05) is 0 Å². The molecule has 1 atom stereocenters. The lowest BCUT2D eigenvalue weighted by atomic mass is 10.1. The Hall–Kier alpha value is -1.06. The van der Waals surface area contributed by atoms with Gasteiger partial charge in [0.05, 0.1) is 6.26 Å². The van der Waals surface area contributed by atoms with Gasteiger partial charge in [-0.3, -0.25) is 0 Å². The van der Waals surface area contributed by atoms with Gasteiger partial charge in [-0.15, -0.1) is 11.3 Å². The van der Waals surface area contributed by atoms with Crippen LogP contribution in [-0.4, -0.2) is 6.04 Å². The maximum absolute atomic E-state index is 6.14. The normalized spacial score (nSPS) is 12.8. The summed E-state index contributed by atoms with van der Waals surface area (Å²) in [5.74, 6) is 1.03. The number of furan rings is 1. The Kier molecular flexibility index (Phi) is 4.40. The molecule has 2 rings (SSSR count). The lowest BCUT2D eigenvalue weighted by Gasteiger charge is -2.08. The van der Waals surface area contributed by atoms with Gasteiger partial charge in [0.25, 0.3) is 0 Å². The van der Waals surface area contributed by atoms with Crippen molar-refractivity contribution in [1.29, 1.82) is 0 Å². The fourth-order valence-corrected chi connectivity index (χ4v) is 2.92. The quantitative estimate of drug-likeness (QED) is 0.852. The summed E-state index contributed by atoms with van der Waals surface area (Å²) in [7, 11) is 0. The van der Waals surface area contributed by atoms with E-state index < -0.39 is 0 Å². The molecule has 2 aromatic heterocycles. The molecular formula is C14H19NOS. The standard InChI is InChI=1S/C14H19NOS/c1-2-13-7-8-14(17-13)10-11(15)5-6-12-4-3-9-16-12/h3-4,7-9,11H,2,5-6,10,15H2,1H3. The first kappa shape index (κ1) is 12.4. The minimum absolute atomic E-state index is 0.225. The predicted molar refractivity (Wildman–Crippen MR) is 72.4 cm³/mol. The molecule has 0 spiro atoms. The van der Waals surface area contributed by atoms with Crippen molar-refractivity contribution in [3.05, 3.63) is 46.0 Å². The van der Waals surface area contributed by atoms with Gasteiger partial charge in [-0.25, -0.2) is 0 Å². The highest BCUT2D eigenvalue weighted by Crippen LogP contribution is 2.19. The van der Waals surface area contributed by atoms with E-state index in [0.717, 1.165) is 31.4 Å². The van der Waals surface area contributed by atoms with E-state index in [0.29, 0.717) is 0 Å². The van der Waals surface area contributed by atoms with Crippen LogP contribution in [0.2, 0.25) is 0 Å². The van der Waals surface area contributed by atoms with Gasteiger partial charge in [-0.05, 0) is 43.5 Å². The topological polar surface area (TPSA) is 39.2 Å². The fourth-order valence-electron chi connectivity index (χ4n) is 1.87. The van der Waals surface area contributed by atoms with Crippen LogP contribution in [0.25, 0.3) is 0 Å². The smallest absolute Gasteiger partial charge is 0.103 e. The molecule has 0 radical (unpaired) electrons. The lowest BCUT2D eigenvalue weighted by molar-refractivity contribution is 0.484. The first-order chi connectivity index (χ1) is 8.28. The molecule has 2 heterocycles. The zero-order valence-electron chi connectivity index (χ0n) is 10.2. The van der Waals surface area contributed by atoms with Crippen LogP contribution in [-0.2, 0) is 19.3 Å². The maximum Gasteiger partial charge on any atom is 0.103 e. The van der Waals surface area contributed by atoms with Crippen LogP contribution < -0.4 is 5.73 Å². The van der Waals surface area contributed by atoms with E-state index in [1.807, 2.05) is 23.5 Å². The van der Waals surface area contributed by atoms with Crippen LogP contribution in [0, 0.1) is 0 Å². The second-order valence-electron chi connectivity index (χ2n) is 4.30. The van der Waals surface area contributed by atoms with Crippen LogP contribution in [0.3, 0.4) is 0 Å². The molecule has 17 heavy (non-hydrogen) atoms. The first-order valence-corrected chi connectivity index (χ1v) is 6.95. The van der Waals surface area contributed by atoms with E-state index in [1.165, 1.54) is 9.75 Å². The molecule has 1 unspecified atom stereocenters. The van der Waals surface area contributed by atoms with Gasteiger partial charge in [-0.2, -0.15) is 0 Å². The molecule has 2 N–H and O–H groups in total. The highest BCUT2D eigenvalue weighted by atomic mass is 32.1. The Labute approximate surface area is 106 Å². The number of aryl methyl sites for hydroxylation is 2. The van der Waals surface area contributed by atoms with Gasteiger partial charge in [-0.1, -0.05) is 6.92 Å². The van der Waals surface area contributed by atoms with Gasteiger partial charge in [0.15, 0.2) is 0 Å². The van der Waals surface area contributed by atoms with E-state index in [1.54, 1.807) is 6.26 Å². The van der Waals surface area contributed by atoms with E-state index >= 15 is 0 Å². The summed E-state index contributed by atoms with van der Waals surface area (Å²) in [5.41, 5.74) is 6.14. The Morgan fingerprint density at radius 1 is 1.29 bits per heavy atom. The second-order valence-corrected chi connectivity index (χ2v) is 5.56. The van der Waals surface area contributed by atoms with Crippen molar-refractivity contribution in [3.63, 3.8) is 0 Å². The zero-order chi connectivity index (χ0) is 12.1. The number of hydrogen-bond donors (Lipinski definition) is 1. The van der Waals surface area contributed by atoms with Crippen molar-refractivity contribution in [1.82, 2.24) is 0 Å². The molecule has 2 aromatic rings. The number of nitrogens with two attached hydrogens (primary N) is 1. The molecule has 0 amide bonds. The molecule has 0 aliphatic rings. The summed E-state index contributed by atoms with van der Waals surface area (Å²) >= 11 is 1.88. The molecule has 0 saturated carbocycles.